The Morgan fingerprint density at radius 1 is 1.07 bits per heavy atom. The largest absolute Gasteiger partial charge is 0.390 e. The fourth-order valence-corrected chi connectivity index (χ4v) is 5.03. The van der Waals surface area contributed by atoms with Gasteiger partial charge in [0.05, 0.1) is 5.60 Å². The quantitative estimate of drug-likeness (QED) is 0.562. The summed E-state index contributed by atoms with van der Waals surface area (Å²) in [5, 5.41) is 12.2. The van der Waals surface area contributed by atoms with Crippen molar-refractivity contribution in [3.63, 3.8) is 0 Å². The lowest BCUT2D eigenvalue weighted by Gasteiger charge is -2.26. The number of nitrogens with zero attached hydrogens (tertiary/aromatic N) is 1. The molecule has 0 spiro atoms. The smallest absolute Gasteiger partial charge is 0.258 e. The highest BCUT2D eigenvalue weighted by molar-refractivity contribution is 6.07. The number of carbonyl (C=O) groups is 1. The van der Waals surface area contributed by atoms with Crippen LogP contribution in [-0.2, 0) is 11.3 Å². The molecule has 30 heavy (non-hydrogen) atoms. The summed E-state index contributed by atoms with van der Waals surface area (Å²) in [5.41, 5.74) is -0.149. The molecule has 1 saturated heterocycles. The van der Waals surface area contributed by atoms with Gasteiger partial charge in [-0.3, -0.25) is 9.59 Å². The van der Waals surface area contributed by atoms with Crippen molar-refractivity contribution >= 4 is 16.6 Å². The number of rotatable bonds is 6. The Kier molecular flexibility index (Phi) is 6.69. The monoisotopic (exact) mass is 411 g/mol. The van der Waals surface area contributed by atoms with Gasteiger partial charge in [-0.2, -0.15) is 0 Å². The van der Waals surface area contributed by atoms with Crippen molar-refractivity contribution in [3.05, 3.63) is 46.4 Å². The summed E-state index contributed by atoms with van der Waals surface area (Å²) in [6, 6.07) is 7.33. The highest BCUT2D eigenvalue weighted by Gasteiger charge is 2.29. The maximum absolute atomic E-state index is 13.1. The van der Waals surface area contributed by atoms with E-state index in [0.717, 1.165) is 57.1 Å². The number of ketones is 1. The van der Waals surface area contributed by atoms with Crippen molar-refractivity contribution in [2.45, 2.75) is 76.4 Å². The lowest BCUT2D eigenvalue weighted by Crippen LogP contribution is -2.28. The molecular weight excluding hydrogens is 378 g/mol. The molecule has 1 saturated carbocycles. The fraction of sp³-hybridized carbons (Fsp3) is 0.600. The van der Waals surface area contributed by atoms with E-state index >= 15 is 0 Å². The zero-order valence-electron chi connectivity index (χ0n) is 17.8. The number of carbonyl (C=O) groups excluding carboxylic acids is 1. The van der Waals surface area contributed by atoms with Crippen LogP contribution in [0.5, 0.6) is 0 Å². The van der Waals surface area contributed by atoms with E-state index in [1.165, 1.54) is 12.8 Å². The van der Waals surface area contributed by atoms with Crippen LogP contribution in [0, 0.1) is 5.92 Å². The summed E-state index contributed by atoms with van der Waals surface area (Å²) in [6.07, 6.45) is 10.6. The second-order valence-electron chi connectivity index (χ2n) is 9.16. The second kappa shape index (κ2) is 9.44. The average molecular weight is 412 g/mol. The summed E-state index contributed by atoms with van der Waals surface area (Å²) in [7, 11) is 0. The van der Waals surface area contributed by atoms with Gasteiger partial charge in [0.15, 0.2) is 5.78 Å². The zero-order chi connectivity index (χ0) is 21.0. The third-order valence-corrected chi connectivity index (χ3v) is 6.97. The number of ether oxygens (including phenoxy) is 1. The van der Waals surface area contributed by atoms with Crippen LogP contribution in [0.1, 0.15) is 74.6 Å². The van der Waals surface area contributed by atoms with Gasteiger partial charge in [0, 0.05) is 43.3 Å². The third kappa shape index (κ3) is 4.84. The molecule has 2 aliphatic rings. The highest BCUT2D eigenvalue weighted by Crippen LogP contribution is 2.31. The number of aliphatic hydroxyl groups is 1. The standard InChI is InChI=1S/C25H33NO4/c27-23(8-14-25(29)12-3-1-2-4-13-25)21-6-5-7-22-20(21)9-15-26(24(22)28)18-19-10-16-30-17-11-19/h5-7,9,15,19,29H,1-4,8,10-14,16-18H2. The molecule has 2 aromatic rings. The van der Waals surface area contributed by atoms with E-state index in [1.807, 2.05) is 24.4 Å². The van der Waals surface area contributed by atoms with E-state index in [2.05, 4.69) is 0 Å². The van der Waals surface area contributed by atoms with Crippen molar-refractivity contribution < 1.29 is 14.6 Å². The van der Waals surface area contributed by atoms with E-state index in [0.29, 0.717) is 36.3 Å². The Bertz CT molecular complexity index is 934. The van der Waals surface area contributed by atoms with Crippen LogP contribution < -0.4 is 5.56 Å². The summed E-state index contributed by atoms with van der Waals surface area (Å²) < 4.78 is 7.20. The molecule has 1 aliphatic carbocycles. The van der Waals surface area contributed by atoms with Gasteiger partial charge in [-0.1, -0.05) is 37.8 Å². The topological polar surface area (TPSA) is 68.5 Å². The lowest BCUT2D eigenvalue weighted by molar-refractivity contribution is 0.0148. The number of fused-ring (bicyclic) bond motifs is 1. The van der Waals surface area contributed by atoms with Crippen molar-refractivity contribution in [2.24, 2.45) is 5.92 Å². The summed E-state index contributed by atoms with van der Waals surface area (Å²) >= 11 is 0. The minimum Gasteiger partial charge on any atom is -0.390 e. The predicted molar refractivity (Wildman–Crippen MR) is 118 cm³/mol. The lowest BCUT2D eigenvalue weighted by atomic mass is 9.87. The highest BCUT2D eigenvalue weighted by atomic mass is 16.5. The van der Waals surface area contributed by atoms with Crippen LogP contribution in [0.3, 0.4) is 0 Å². The summed E-state index contributed by atoms with van der Waals surface area (Å²) in [4.78, 5) is 26.1. The molecule has 4 rings (SSSR count). The molecule has 5 nitrogen and oxygen atoms in total. The van der Waals surface area contributed by atoms with Crippen molar-refractivity contribution in [2.75, 3.05) is 13.2 Å². The molecule has 0 radical (unpaired) electrons. The molecule has 2 heterocycles. The van der Waals surface area contributed by atoms with Gasteiger partial charge >= 0.3 is 0 Å². The van der Waals surface area contributed by atoms with E-state index in [4.69, 9.17) is 4.74 Å². The van der Waals surface area contributed by atoms with Crippen molar-refractivity contribution in [3.8, 4) is 0 Å². The fourth-order valence-electron chi connectivity index (χ4n) is 5.03. The summed E-state index contributed by atoms with van der Waals surface area (Å²) in [6.45, 7) is 2.22. The number of hydrogen-bond donors (Lipinski definition) is 1. The van der Waals surface area contributed by atoms with Gasteiger partial charge < -0.3 is 14.4 Å². The average Bonchev–Trinajstić information content (AvgIpc) is 2.99. The Hall–Kier alpha value is -1.98. The molecule has 0 atom stereocenters. The zero-order valence-corrected chi connectivity index (χ0v) is 17.8. The molecule has 1 N–H and O–H groups in total. The molecule has 1 aliphatic heterocycles. The number of pyridine rings is 1. The van der Waals surface area contributed by atoms with Gasteiger partial charge in [0.2, 0.25) is 0 Å². The van der Waals surface area contributed by atoms with Gasteiger partial charge in [-0.25, -0.2) is 0 Å². The molecular formula is C25H33NO4. The van der Waals surface area contributed by atoms with Crippen molar-refractivity contribution in [1.82, 2.24) is 4.57 Å². The first-order valence-corrected chi connectivity index (χ1v) is 11.5. The van der Waals surface area contributed by atoms with E-state index in [1.54, 1.807) is 10.6 Å². The molecule has 0 unspecified atom stereocenters. The Balaban J connectivity index is 1.52. The van der Waals surface area contributed by atoms with E-state index in [-0.39, 0.29) is 11.3 Å². The van der Waals surface area contributed by atoms with Crippen LogP contribution in [0.25, 0.3) is 10.8 Å². The maximum atomic E-state index is 13.1. The van der Waals surface area contributed by atoms with E-state index in [9.17, 15) is 14.7 Å². The molecule has 0 amide bonds. The second-order valence-corrected chi connectivity index (χ2v) is 9.16. The Morgan fingerprint density at radius 2 is 1.80 bits per heavy atom. The maximum Gasteiger partial charge on any atom is 0.258 e. The van der Waals surface area contributed by atoms with Crippen LogP contribution in [0.2, 0.25) is 0 Å². The number of Topliss-reactive ketones (excluding diaryl/α,β-unsaturated/α-hetero) is 1. The van der Waals surface area contributed by atoms with Gasteiger partial charge in [0.1, 0.15) is 0 Å². The minimum absolute atomic E-state index is 0.0138. The van der Waals surface area contributed by atoms with Crippen molar-refractivity contribution in [1.29, 1.82) is 0 Å². The molecule has 5 heteroatoms. The Morgan fingerprint density at radius 3 is 2.53 bits per heavy atom. The van der Waals surface area contributed by atoms with Gasteiger partial charge in [-0.15, -0.1) is 0 Å². The van der Waals surface area contributed by atoms with Crippen LogP contribution in [0.4, 0.5) is 0 Å². The van der Waals surface area contributed by atoms with Gasteiger partial charge in [-0.05, 0) is 55.5 Å². The Labute approximate surface area is 178 Å². The molecule has 162 valence electrons. The first-order valence-electron chi connectivity index (χ1n) is 11.5. The van der Waals surface area contributed by atoms with E-state index < -0.39 is 5.60 Å². The molecule has 2 fully saturated rings. The minimum atomic E-state index is -0.715. The van der Waals surface area contributed by atoms with Gasteiger partial charge in [0.25, 0.3) is 5.56 Å². The van der Waals surface area contributed by atoms with Crippen LogP contribution in [0.15, 0.2) is 35.3 Å². The molecule has 1 aromatic heterocycles. The first-order chi connectivity index (χ1) is 14.6. The SMILES string of the molecule is O=C(CCC1(O)CCCCCC1)c1cccc2c(=O)n(CC3CCOCC3)ccc12. The number of hydrogen-bond acceptors (Lipinski definition) is 4. The molecule has 0 bridgehead atoms. The third-order valence-electron chi connectivity index (χ3n) is 6.97. The normalized spacial score (nSPS) is 20.2. The number of benzene rings is 1. The molecule has 1 aromatic carbocycles. The van der Waals surface area contributed by atoms with Crippen LogP contribution in [-0.4, -0.2) is 34.3 Å². The first kappa shape index (κ1) is 21.3. The summed E-state index contributed by atoms with van der Waals surface area (Å²) in [5.74, 6) is 0.471. The predicted octanol–water partition coefficient (Wildman–Crippen LogP) is 4.48. The number of aromatic nitrogens is 1. The van der Waals surface area contributed by atoms with Crippen LogP contribution >= 0.6 is 0 Å².